The molecule has 0 atom stereocenters. The van der Waals surface area contributed by atoms with Gasteiger partial charge in [-0.05, 0) is 30.9 Å². The van der Waals surface area contributed by atoms with E-state index in [0.29, 0.717) is 44.3 Å². The van der Waals surface area contributed by atoms with E-state index in [1.807, 2.05) is 6.92 Å². The lowest BCUT2D eigenvalue weighted by atomic mass is 9.97. The van der Waals surface area contributed by atoms with Crippen LogP contribution in [0.5, 0.6) is 5.88 Å². The van der Waals surface area contributed by atoms with Gasteiger partial charge in [-0.1, -0.05) is 6.92 Å². The Kier molecular flexibility index (Phi) is 7.10. The van der Waals surface area contributed by atoms with Gasteiger partial charge in [0.15, 0.2) is 0 Å². The van der Waals surface area contributed by atoms with E-state index >= 15 is 0 Å². The number of aromatic nitrogens is 1. The summed E-state index contributed by atoms with van der Waals surface area (Å²) in [5.41, 5.74) is 0.488. The Hall–Kier alpha value is -2.00. The first kappa shape index (κ1) is 20.3. The SMILES string of the molecule is CC/C(=C\F)COc1ccc(S(=O)(=O)N2CCC(C(=O)NC)CC2)cn1. The highest BCUT2D eigenvalue weighted by Gasteiger charge is 2.31. The molecule has 2 heterocycles. The van der Waals surface area contributed by atoms with Gasteiger partial charge in [-0.3, -0.25) is 4.79 Å². The molecule has 0 saturated carbocycles. The summed E-state index contributed by atoms with van der Waals surface area (Å²) in [6, 6.07) is 2.88. The second-order valence-corrected chi connectivity index (χ2v) is 7.97. The average molecular weight is 385 g/mol. The van der Waals surface area contributed by atoms with Crippen LogP contribution >= 0.6 is 0 Å². The van der Waals surface area contributed by atoms with Crippen LogP contribution in [0.1, 0.15) is 26.2 Å². The number of hydrogen-bond donors (Lipinski definition) is 1. The number of carbonyl (C=O) groups is 1. The van der Waals surface area contributed by atoms with Crippen LogP contribution in [-0.4, -0.2) is 50.4 Å². The van der Waals surface area contributed by atoms with Gasteiger partial charge in [-0.15, -0.1) is 0 Å². The zero-order valence-electron chi connectivity index (χ0n) is 14.9. The molecule has 1 fully saturated rings. The zero-order chi connectivity index (χ0) is 19.2. The number of piperidine rings is 1. The van der Waals surface area contributed by atoms with E-state index in [1.54, 1.807) is 7.05 Å². The molecule has 0 spiro atoms. The lowest BCUT2D eigenvalue weighted by Crippen LogP contribution is -2.42. The van der Waals surface area contributed by atoms with E-state index < -0.39 is 10.0 Å². The van der Waals surface area contributed by atoms with Crippen LogP contribution < -0.4 is 10.1 Å². The molecule has 9 heteroatoms. The summed E-state index contributed by atoms with van der Waals surface area (Å²) in [7, 11) is -2.09. The molecule has 26 heavy (non-hydrogen) atoms. The summed E-state index contributed by atoms with van der Waals surface area (Å²) in [4.78, 5) is 15.7. The van der Waals surface area contributed by atoms with E-state index in [4.69, 9.17) is 4.74 Å². The first-order valence-electron chi connectivity index (χ1n) is 8.51. The first-order valence-corrected chi connectivity index (χ1v) is 9.95. The van der Waals surface area contributed by atoms with Crippen molar-refractivity contribution in [2.75, 3.05) is 26.7 Å². The van der Waals surface area contributed by atoms with Crippen LogP contribution in [0.15, 0.2) is 35.1 Å². The van der Waals surface area contributed by atoms with Crippen LogP contribution in [0.2, 0.25) is 0 Å². The number of nitrogens with zero attached hydrogens (tertiary/aromatic N) is 2. The molecule has 1 aromatic heterocycles. The molecule has 0 unspecified atom stereocenters. The maximum Gasteiger partial charge on any atom is 0.244 e. The number of amides is 1. The van der Waals surface area contributed by atoms with Crippen LogP contribution in [0.25, 0.3) is 0 Å². The van der Waals surface area contributed by atoms with Crippen molar-refractivity contribution < 1.29 is 22.3 Å². The van der Waals surface area contributed by atoms with Crippen molar-refractivity contribution >= 4 is 15.9 Å². The van der Waals surface area contributed by atoms with Crippen molar-refractivity contribution in [2.24, 2.45) is 5.92 Å². The van der Waals surface area contributed by atoms with E-state index in [9.17, 15) is 17.6 Å². The average Bonchev–Trinajstić information content (AvgIpc) is 2.68. The summed E-state index contributed by atoms with van der Waals surface area (Å²) >= 11 is 0. The van der Waals surface area contributed by atoms with E-state index in [2.05, 4.69) is 10.3 Å². The normalized spacial score (nSPS) is 17.1. The van der Waals surface area contributed by atoms with Gasteiger partial charge in [0.1, 0.15) is 11.5 Å². The van der Waals surface area contributed by atoms with Gasteiger partial charge >= 0.3 is 0 Å². The van der Waals surface area contributed by atoms with E-state index in [0.717, 1.165) is 0 Å². The summed E-state index contributed by atoms with van der Waals surface area (Å²) in [5, 5.41) is 2.60. The maximum atomic E-state index is 12.7. The Balaban J connectivity index is 2.00. The summed E-state index contributed by atoms with van der Waals surface area (Å²) in [5.74, 6) is 0.0192. The van der Waals surface area contributed by atoms with Gasteiger partial charge in [-0.2, -0.15) is 4.31 Å². The highest BCUT2D eigenvalue weighted by atomic mass is 32.2. The molecule has 0 aromatic carbocycles. The fraction of sp³-hybridized carbons (Fsp3) is 0.529. The van der Waals surface area contributed by atoms with Crippen molar-refractivity contribution in [1.82, 2.24) is 14.6 Å². The second kappa shape index (κ2) is 9.09. The number of hydrogen-bond acceptors (Lipinski definition) is 5. The quantitative estimate of drug-likeness (QED) is 0.774. The fourth-order valence-electron chi connectivity index (χ4n) is 2.69. The molecule has 1 aliphatic rings. The number of pyridine rings is 1. The second-order valence-electron chi connectivity index (χ2n) is 6.03. The highest BCUT2D eigenvalue weighted by Crippen LogP contribution is 2.24. The number of carbonyl (C=O) groups excluding carboxylic acids is 1. The Labute approximate surface area is 153 Å². The molecular formula is C17H24FN3O4S. The predicted molar refractivity (Wildman–Crippen MR) is 94.8 cm³/mol. The largest absolute Gasteiger partial charge is 0.473 e. The standard InChI is InChI=1S/C17H24FN3O4S/c1-3-13(10-18)12-25-16-5-4-15(11-20-16)26(23,24)21-8-6-14(7-9-21)17(22)19-2/h4-5,10-11,14H,3,6-9,12H2,1-2H3,(H,19,22)/b13-10+. The summed E-state index contributed by atoms with van der Waals surface area (Å²) in [6.45, 7) is 2.46. The van der Waals surface area contributed by atoms with Gasteiger partial charge < -0.3 is 10.1 Å². The smallest absolute Gasteiger partial charge is 0.244 e. The zero-order valence-corrected chi connectivity index (χ0v) is 15.8. The monoisotopic (exact) mass is 385 g/mol. The minimum absolute atomic E-state index is 0.0565. The molecule has 2 rings (SSSR count). The summed E-state index contributed by atoms with van der Waals surface area (Å²) in [6.07, 6.45) is 3.24. The highest BCUT2D eigenvalue weighted by molar-refractivity contribution is 7.89. The number of sulfonamides is 1. The lowest BCUT2D eigenvalue weighted by Gasteiger charge is -2.30. The molecule has 0 bridgehead atoms. The molecule has 1 saturated heterocycles. The van der Waals surface area contributed by atoms with Crippen LogP contribution in [0, 0.1) is 5.92 Å². The molecule has 1 N–H and O–H groups in total. The Morgan fingerprint density at radius 1 is 1.42 bits per heavy atom. The molecule has 144 valence electrons. The Bertz CT molecular complexity index is 742. The third-order valence-electron chi connectivity index (χ3n) is 4.43. The predicted octanol–water partition coefficient (Wildman–Crippen LogP) is 1.87. The van der Waals surface area contributed by atoms with Crippen molar-refractivity contribution in [3.05, 3.63) is 30.2 Å². The molecular weight excluding hydrogens is 361 g/mol. The molecule has 1 amide bonds. The molecule has 1 aliphatic heterocycles. The third-order valence-corrected chi connectivity index (χ3v) is 6.31. The van der Waals surface area contributed by atoms with Gasteiger partial charge in [-0.25, -0.2) is 17.8 Å². The summed E-state index contributed by atoms with van der Waals surface area (Å²) < 4.78 is 44.6. The van der Waals surface area contributed by atoms with Crippen molar-refractivity contribution in [3.8, 4) is 5.88 Å². The maximum absolute atomic E-state index is 12.7. The van der Waals surface area contributed by atoms with Crippen molar-refractivity contribution in [3.63, 3.8) is 0 Å². The van der Waals surface area contributed by atoms with Crippen LogP contribution in [0.4, 0.5) is 4.39 Å². The molecule has 1 aromatic rings. The first-order chi connectivity index (χ1) is 12.4. The van der Waals surface area contributed by atoms with Crippen LogP contribution in [0.3, 0.4) is 0 Å². The number of halogens is 1. The lowest BCUT2D eigenvalue weighted by molar-refractivity contribution is -0.125. The van der Waals surface area contributed by atoms with Gasteiger partial charge in [0.05, 0.1) is 12.5 Å². The number of ether oxygens (including phenoxy) is 1. The van der Waals surface area contributed by atoms with E-state index in [1.165, 1.54) is 22.6 Å². The molecule has 0 radical (unpaired) electrons. The van der Waals surface area contributed by atoms with Gasteiger partial charge in [0, 0.05) is 32.1 Å². The Morgan fingerprint density at radius 2 is 2.12 bits per heavy atom. The minimum Gasteiger partial charge on any atom is -0.473 e. The number of rotatable bonds is 7. The van der Waals surface area contributed by atoms with Crippen LogP contribution in [-0.2, 0) is 14.8 Å². The molecule has 7 nitrogen and oxygen atoms in total. The molecule has 0 aliphatic carbocycles. The minimum atomic E-state index is -3.66. The van der Waals surface area contributed by atoms with Crippen molar-refractivity contribution in [1.29, 1.82) is 0 Å². The topological polar surface area (TPSA) is 88.6 Å². The number of nitrogens with one attached hydrogen (secondary N) is 1. The van der Waals surface area contributed by atoms with Gasteiger partial charge in [0.25, 0.3) is 0 Å². The third kappa shape index (κ3) is 4.79. The Morgan fingerprint density at radius 3 is 2.62 bits per heavy atom. The van der Waals surface area contributed by atoms with Crippen molar-refractivity contribution in [2.45, 2.75) is 31.1 Å². The van der Waals surface area contributed by atoms with E-state index in [-0.39, 0.29) is 29.2 Å². The fourth-order valence-corrected chi connectivity index (χ4v) is 4.11. The van der Waals surface area contributed by atoms with Gasteiger partial charge in [0.2, 0.25) is 21.8 Å².